The molecule has 3 aromatic heterocycles. The Morgan fingerprint density at radius 1 is 1.19 bits per heavy atom. The lowest BCUT2D eigenvalue weighted by Crippen LogP contribution is -2.34. The molecule has 0 spiro atoms. The number of nitrogens with zero attached hydrogens (tertiary/aromatic N) is 7. The summed E-state index contributed by atoms with van der Waals surface area (Å²) in [7, 11) is 2.03. The first kappa shape index (κ1) is 17.5. The fourth-order valence-electron chi connectivity index (χ4n) is 3.50. The third-order valence-corrected chi connectivity index (χ3v) is 4.87. The van der Waals surface area contributed by atoms with Crippen LogP contribution < -0.4 is 5.32 Å². The molecule has 0 aromatic carbocycles. The number of rotatable bonds is 5. The predicted molar refractivity (Wildman–Crippen MR) is 102 cm³/mol. The molecule has 3 aromatic rings. The van der Waals surface area contributed by atoms with E-state index in [0.29, 0.717) is 5.95 Å². The third-order valence-electron chi connectivity index (χ3n) is 4.87. The highest BCUT2D eigenvalue weighted by Gasteiger charge is 2.27. The van der Waals surface area contributed by atoms with Crippen LogP contribution in [-0.4, -0.2) is 40.9 Å². The van der Waals surface area contributed by atoms with E-state index >= 15 is 0 Å². The van der Waals surface area contributed by atoms with Crippen LogP contribution in [0.2, 0.25) is 0 Å². The van der Waals surface area contributed by atoms with Crippen LogP contribution in [0.5, 0.6) is 0 Å². The lowest BCUT2D eigenvalue weighted by molar-refractivity contribution is 0.131. The highest BCUT2D eigenvalue weighted by Crippen LogP contribution is 2.31. The van der Waals surface area contributed by atoms with Crippen molar-refractivity contribution in [2.24, 2.45) is 7.05 Å². The minimum absolute atomic E-state index is 0.200. The van der Waals surface area contributed by atoms with Crippen molar-refractivity contribution < 1.29 is 0 Å². The summed E-state index contributed by atoms with van der Waals surface area (Å²) >= 11 is 0. The Kier molecular flexibility index (Phi) is 5.06. The summed E-state index contributed by atoms with van der Waals surface area (Å²) in [6, 6.07) is 3.92. The molecular formula is C19H24N8. The summed E-state index contributed by atoms with van der Waals surface area (Å²) in [6.45, 7) is 3.89. The molecule has 0 bridgehead atoms. The Bertz CT molecular complexity index is 892. The van der Waals surface area contributed by atoms with Gasteiger partial charge in [-0.2, -0.15) is 0 Å². The Labute approximate surface area is 158 Å². The number of hydrogen-bond donors (Lipinski definition) is 1. The first-order chi connectivity index (χ1) is 13.2. The average Bonchev–Trinajstić information content (AvgIpc) is 3.07. The van der Waals surface area contributed by atoms with Crippen LogP contribution in [-0.2, 0) is 13.6 Å². The molecule has 1 aliphatic heterocycles. The zero-order chi connectivity index (χ0) is 18.6. The van der Waals surface area contributed by atoms with Crippen LogP contribution in [0, 0.1) is 6.92 Å². The van der Waals surface area contributed by atoms with Crippen LogP contribution >= 0.6 is 0 Å². The molecule has 0 saturated carbocycles. The number of likely N-dealkylation sites (tertiary alicyclic amines) is 1. The molecular weight excluding hydrogens is 340 g/mol. The van der Waals surface area contributed by atoms with Crippen LogP contribution in [0.1, 0.15) is 42.5 Å². The zero-order valence-corrected chi connectivity index (χ0v) is 15.7. The Balaban J connectivity index is 1.59. The lowest BCUT2D eigenvalue weighted by Gasteiger charge is -2.34. The summed E-state index contributed by atoms with van der Waals surface area (Å²) in [5.41, 5.74) is 2.13. The van der Waals surface area contributed by atoms with Crippen LogP contribution in [0.15, 0.2) is 37.1 Å². The molecule has 8 heteroatoms. The highest BCUT2D eigenvalue weighted by atomic mass is 15.2. The van der Waals surface area contributed by atoms with Gasteiger partial charge in [-0.15, -0.1) is 0 Å². The lowest BCUT2D eigenvalue weighted by atomic mass is 10.0. The maximum absolute atomic E-state index is 4.79. The Morgan fingerprint density at radius 3 is 2.81 bits per heavy atom. The number of nitrogens with one attached hydrogen (secondary N) is 1. The topological polar surface area (TPSA) is 84.7 Å². The molecule has 1 unspecified atom stereocenters. The molecule has 0 radical (unpaired) electrons. The van der Waals surface area contributed by atoms with E-state index < -0.39 is 0 Å². The van der Waals surface area contributed by atoms with Gasteiger partial charge in [-0.25, -0.2) is 24.9 Å². The molecule has 1 atom stereocenters. The minimum Gasteiger partial charge on any atom is -0.337 e. The third kappa shape index (κ3) is 4.11. The van der Waals surface area contributed by atoms with E-state index in [0.717, 1.165) is 36.8 Å². The Morgan fingerprint density at radius 2 is 2.04 bits per heavy atom. The maximum atomic E-state index is 4.79. The minimum atomic E-state index is 0.200. The van der Waals surface area contributed by atoms with Crippen molar-refractivity contribution in [3.63, 3.8) is 0 Å². The molecule has 4 heterocycles. The number of anilines is 2. The van der Waals surface area contributed by atoms with Gasteiger partial charge in [0.05, 0.1) is 18.1 Å². The first-order valence-electron chi connectivity index (χ1n) is 9.28. The van der Waals surface area contributed by atoms with E-state index in [2.05, 4.69) is 29.7 Å². The van der Waals surface area contributed by atoms with Crippen molar-refractivity contribution in [2.75, 3.05) is 11.9 Å². The molecule has 0 aliphatic carbocycles. The summed E-state index contributed by atoms with van der Waals surface area (Å²) in [5, 5.41) is 3.19. The van der Waals surface area contributed by atoms with Gasteiger partial charge in [0.15, 0.2) is 0 Å². The maximum Gasteiger partial charge on any atom is 0.228 e. The zero-order valence-electron chi connectivity index (χ0n) is 15.7. The van der Waals surface area contributed by atoms with Gasteiger partial charge in [0.1, 0.15) is 11.6 Å². The summed E-state index contributed by atoms with van der Waals surface area (Å²) < 4.78 is 2.07. The number of aryl methyl sites for hydroxylation is 2. The van der Waals surface area contributed by atoms with Crippen LogP contribution in [0.4, 0.5) is 11.8 Å². The van der Waals surface area contributed by atoms with Crippen molar-refractivity contribution in [2.45, 2.75) is 38.8 Å². The molecule has 27 heavy (non-hydrogen) atoms. The Hall–Kier alpha value is -2.87. The molecule has 8 nitrogen and oxygen atoms in total. The second-order valence-electron chi connectivity index (χ2n) is 6.93. The van der Waals surface area contributed by atoms with E-state index in [1.54, 1.807) is 18.5 Å². The van der Waals surface area contributed by atoms with E-state index in [1.165, 1.54) is 18.5 Å². The predicted octanol–water partition coefficient (Wildman–Crippen LogP) is 2.78. The smallest absolute Gasteiger partial charge is 0.228 e. The fraction of sp³-hybridized carbons (Fsp3) is 0.421. The van der Waals surface area contributed by atoms with Gasteiger partial charge in [-0.05, 0) is 32.4 Å². The van der Waals surface area contributed by atoms with Gasteiger partial charge in [0.25, 0.3) is 0 Å². The summed E-state index contributed by atoms with van der Waals surface area (Å²) in [4.78, 5) is 24.7. The molecule has 1 aliphatic rings. The van der Waals surface area contributed by atoms with E-state index in [-0.39, 0.29) is 6.04 Å². The van der Waals surface area contributed by atoms with E-state index in [4.69, 9.17) is 9.97 Å². The molecule has 1 fully saturated rings. The van der Waals surface area contributed by atoms with Crippen molar-refractivity contribution in [3.8, 4) is 0 Å². The molecule has 4 rings (SSSR count). The number of hydrogen-bond acceptors (Lipinski definition) is 7. The highest BCUT2D eigenvalue weighted by molar-refractivity contribution is 5.47. The normalized spacial score (nSPS) is 17.8. The molecule has 140 valence electrons. The van der Waals surface area contributed by atoms with Crippen LogP contribution in [0.25, 0.3) is 0 Å². The first-order valence-corrected chi connectivity index (χ1v) is 9.28. The van der Waals surface area contributed by atoms with Gasteiger partial charge < -0.3 is 9.88 Å². The number of piperidine rings is 1. The number of aromatic nitrogens is 6. The van der Waals surface area contributed by atoms with E-state index in [1.807, 2.05) is 32.6 Å². The standard InChI is InChI=1S/C19H24N8/c1-14-10-17(25-19-21-7-5-8-22-19)24-18(23-14)16-6-3-4-9-27(16)12-15-11-20-13-26(15)2/h5,7-8,10-11,13,16H,3-4,6,9,12H2,1-2H3,(H,21,22,23,24,25). The average molecular weight is 364 g/mol. The van der Waals surface area contributed by atoms with Crippen LogP contribution in [0.3, 0.4) is 0 Å². The van der Waals surface area contributed by atoms with Gasteiger partial charge in [-0.3, -0.25) is 4.90 Å². The molecule has 1 saturated heterocycles. The van der Waals surface area contributed by atoms with Crippen molar-refractivity contribution in [1.29, 1.82) is 0 Å². The quantitative estimate of drug-likeness (QED) is 0.745. The van der Waals surface area contributed by atoms with Gasteiger partial charge in [-0.1, -0.05) is 6.42 Å². The fourth-order valence-corrected chi connectivity index (χ4v) is 3.50. The molecule has 1 N–H and O–H groups in total. The van der Waals surface area contributed by atoms with Crippen molar-refractivity contribution >= 4 is 11.8 Å². The monoisotopic (exact) mass is 364 g/mol. The van der Waals surface area contributed by atoms with E-state index in [9.17, 15) is 0 Å². The van der Waals surface area contributed by atoms with Crippen molar-refractivity contribution in [3.05, 3.63) is 54.3 Å². The second kappa shape index (κ2) is 7.79. The summed E-state index contributed by atoms with van der Waals surface area (Å²) in [5.74, 6) is 2.13. The largest absolute Gasteiger partial charge is 0.337 e. The summed E-state index contributed by atoms with van der Waals surface area (Å²) in [6.07, 6.45) is 10.6. The molecule has 0 amide bonds. The van der Waals surface area contributed by atoms with Gasteiger partial charge in [0.2, 0.25) is 5.95 Å². The SMILES string of the molecule is Cc1cc(Nc2ncccn2)nc(C2CCCCN2Cc2cncn2C)n1. The van der Waals surface area contributed by atoms with Crippen molar-refractivity contribution in [1.82, 2.24) is 34.4 Å². The second-order valence-corrected chi connectivity index (χ2v) is 6.93. The van der Waals surface area contributed by atoms with Gasteiger partial charge >= 0.3 is 0 Å². The van der Waals surface area contributed by atoms with Gasteiger partial charge in [0, 0.05) is 43.9 Å². The number of imidazole rings is 1.